The van der Waals surface area contributed by atoms with Crippen molar-refractivity contribution >= 4 is 23.5 Å². The average molecular weight is 359 g/mol. The molecule has 2 aromatic carbocycles. The molecule has 0 aliphatic rings. The number of guanidine groups is 1. The maximum absolute atomic E-state index is 12.6. The summed E-state index contributed by atoms with van der Waals surface area (Å²) in [5.41, 5.74) is 4.03. The van der Waals surface area contributed by atoms with Crippen molar-refractivity contribution in [2.45, 2.75) is 20.8 Å². The fourth-order valence-corrected chi connectivity index (χ4v) is 2.55. The number of benzene rings is 2. The Morgan fingerprint density at radius 3 is 2.19 bits per heavy atom. The van der Waals surface area contributed by atoms with Crippen LogP contribution in [0.3, 0.4) is 0 Å². The number of rotatable bonds is 3. The molecule has 0 spiro atoms. The Hall–Kier alpha value is -3.54. The third kappa shape index (κ3) is 4.98. The van der Waals surface area contributed by atoms with Gasteiger partial charge in [-0.2, -0.15) is 4.99 Å². The van der Waals surface area contributed by atoms with Crippen molar-refractivity contribution in [3.8, 4) is 0 Å². The minimum absolute atomic E-state index is 0.264. The largest absolute Gasteiger partial charge is 0.325 e. The molecule has 0 saturated carbocycles. The number of nitrogens with zero attached hydrogens (tertiary/aromatic N) is 3. The number of anilines is 1. The Kier molecular flexibility index (Phi) is 5.56. The van der Waals surface area contributed by atoms with Crippen LogP contribution in [0.5, 0.6) is 0 Å². The van der Waals surface area contributed by atoms with Gasteiger partial charge in [0.1, 0.15) is 0 Å². The molecule has 0 radical (unpaired) electrons. The number of nitrogens with one attached hydrogen (secondary N) is 2. The van der Waals surface area contributed by atoms with Gasteiger partial charge in [-0.1, -0.05) is 36.4 Å². The molecule has 6 heteroatoms. The summed E-state index contributed by atoms with van der Waals surface area (Å²) in [6.45, 7) is 5.74. The molecule has 3 rings (SSSR count). The van der Waals surface area contributed by atoms with Crippen LogP contribution in [0, 0.1) is 20.8 Å². The van der Waals surface area contributed by atoms with Crippen molar-refractivity contribution in [3.63, 3.8) is 0 Å². The molecular weight excluding hydrogens is 338 g/mol. The van der Waals surface area contributed by atoms with E-state index in [1.54, 1.807) is 12.1 Å². The quantitative estimate of drug-likeness (QED) is 0.548. The summed E-state index contributed by atoms with van der Waals surface area (Å²) >= 11 is 0. The summed E-state index contributed by atoms with van der Waals surface area (Å²) in [6, 6.07) is 18.6. The number of para-hydroxylation sites is 1. The second-order valence-electron chi connectivity index (χ2n) is 6.17. The first-order valence-corrected chi connectivity index (χ1v) is 8.61. The van der Waals surface area contributed by atoms with Crippen LogP contribution in [0.1, 0.15) is 27.3 Å². The molecule has 27 heavy (non-hydrogen) atoms. The number of carbonyl (C=O) groups is 1. The molecule has 0 fully saturated rings. The van der Waals surface area contributed by atoms with Crippen LogP contribution in [0.4, 0.5) is 11.6 Å². The van der Waals surface area contributed by atoms with Gasteiger partial charge in [0.05, 0.1) is 0 Å². The van der Waals surface area contributed by atoms with Crippen LogP contribution in [0.2, 0.25) is 0 Å². The Labute approximate surface area is 158 Å². The number of aryl methyl sites for hydroxylation is 3. The normalized spacial score (nSPS) is 11.1. The highest BCUT2D eigenvalue weighted by Gasteiger charge is 2.11. The smallest absolute Gasteiger partial charge is 0.257 e. The van der Waals surface area contributed by atoms with Crippen LogP contribution < -0.4 is 10.6 Å². The zero-order chi connectivity index (χ0) is 19.2. The SMILES string of the molecule is Cc1cc(C)nc(N=C(NC(=O)c2ccccc2)Nc2ccccc2C)n1. The zero-order valence-electron chi connectivity index (χ0n) is 15.5. The molecular formula is C21H21N5O. The number of aliphatic imine (C=N–C) groups is 1. The molecule has 0 unspecified atom stereocenters. The minimum Gasteiger partial charge on any atom is -0.325 e. The van der Waals surface area contributed by atoms with E-state index in [1.165, 1.54) is 0 Å². The van der Waals surface area contributed by atoms with E-state index in [-0.39, 0.29) is 17.8 Å². The molecule has 3 aromatic rings. The van der Waals surface area contributed by atoms with Gasteiger partial charge in [0, 0.05) is 22.6 Å². The van der Waals surface area contributed by atoms with Crippen molar-refractivity contribution in [1.29, 1.82) is 0 Å². The first kappa shape index (κ1) is 18.3. The second kappa shape index (κ2) is 8.23. The summed E-state index contributed by atoms with van der Waals surface area (Å²) < 4.78 is 0. The molecule has 0 aliphatic carbocycles. The van der Waals surface area contributed by atoms with E-state index in [1.807, 2.05) is 69.3 Å². The van der Waals surface area contributed by atoms with Crippen molar-refractivity contribution in [2.24, 2.45) is 4.99 Å². The predicted octanol–water partition coefficient (Wildman–Crippen LogP) is 3.93. The van der Waals surface area contributed by atoms with Crippen LogP contribution in [0.25, 0.3) is 0 Å². The fourth-order valence-electron chi connectivity index (χ4n) is 2.55. The number of hydrogen-bond donors (Lipinski definition) is 2. The summed E-state index contributed by atoms with van der Waals surface area (Å²) in [7, 11) is 0. The highest BCUT2D eigenvalue weighted by molar-refractivity contribution is 6.10. The highest BCUT2D eigenvalue weighted by Crippen LogP contribution is 2.14. The van der Waals surface area contributed by atoms with Crippen LogP contribution in [0.15, 0.2) is 65.7 Å². The number of amides is 1. The lowest BCUT2D eigenvalue weighted by Crippen LogP contribution is -2.36. The lowest BCUT2D eigenvalue weighted by Gasteiger charge is -2.13. The Balaban J connectivity index is 1.94. The molecule has 6 nitrogen and oxygen atoms in total. The highest BCUT2D eigenvalue weighted by atomic mass is 16.1. The van der Waals surface area contributed by atoms with E-state index in [0.29, 0.717) is 5.56 Å². The van der Waals surface area contributed by atoms with Crippen LogP contribution in [-0.4, -0.2) is 21.8 Å². The van der Waals surface area contributed by atoms with E-state index < -0.39 is 0 Å². The van der Waals surface area contributed by atoms with E-state index in [4.69, 9.17) is 0 Å². The standard InChI is InChI=1S/C21H21N5O/c1-14-9-7-8-12-18(14)24-21(25-19(27)17-10-5-4-6-11-17)26-20-22-15(2)13-16(3)23-20/h4-13H,1-3H3,(H2,22,23,24,25,26,27). The molecule has 136 valence electrons. The van der Waals surface area contributed by atoms with Gasteiger partial charge in [-0.15, -0.1) is 0 Å². The van der Waals surface area contributed by atoms with Gasteiger partial charge in [0.2, 0.25) is 5.96 Å². The second-order valence-corrected chi connectivity index (χ2v) is 6.17. The summed E-state index contributed by atoms with van der Waals surface area (Å²) in [5.74, 6) is 0.292. The van der Waals surface area contributed by atoms with Gasteiger partial charge in [-0.05, 0) is 50.6 Å². The van der Waals surface area contributed by atoms with Gasteiger partial charge in [0.25, 0.3) is 11.9 Å². The Morgan fingerprint density at radius 2 is 1.52 bits per heavy atom. The Morgan fingerprint density at radius 1 is 0.889 bits per heavy atom. The molecule has 0 aliphatic heterocycles. The van der Waals surface area contributed by atoms with Gasteiger partial charge >= 0.3 is 0 Å². The maximum atomic E-state index is 12.6. The van der Waals surface area contributed by atoms with Crippen LogP contribution >= 0.6 is 0 Å². The molecule has 1 amide bonds. The van der Waals surface area contributed by atoms with Crippen LogP contribution in [-0.2, 0) is 0 Å². The minimum atomic E-state index is -0.264. The first-order chi connectivity index (χ1) is 13.0. The van der Waals surface area contributed by atoms with Gasteiger partial charge in [-0.3, -0.25) is 10.1 Å². The van der Waals surface area contributed by atoms with E-state index >= 15 is 0 Å². The van der Waals surface area contributed by atoms with Crippen molar-refractivity contribution in [2.75, 3.05) is 5.32 Å². The number of carbonyl (C=O) groups excluding carboxylic acids is 1. The molecule has 1 aromatic heterocycles. The average Bonchev–Trinajstić information content (AvgIpc) is 2.63. The van der Waals surface area contributed by atoms with E-state index in [0.717, 1.165) is 22.6 Å². The zero-order valence-corrected chi connectivity index (χ0v) is 15.5. The molecule has 2 N–H and O–H groups in total. The van der Waals surface area contributed by atoms with Crippen molar-refractivity contribution < 1.29 is 4.79 Å². The van der Waals surface area contributed by atoms with Gasteiger partial charge in [-0.25, -0.2) is 9.97 Å². The molecule has 0 saturated heterocycles. The summed E-state index contributed by atoms with van der Waals surface area (Å²) in [4.78, 5) is 25.7. The monoisotopic (exact) mass is 359 g/mol. The molecule has 0 atom stereocenters. The Bertz CT molecular complexity index is 963. The van der Waals surface area contributed by atoms with E-state index in [2.05, 4.69) is 25.6 Å². The third-order valence-corrected chi connectivity index (χ3v) is 3.85. The number of hydrogen-bond acceptors (Lipinski definition) is 4. The first-order valence-electron chi connectivity index (χ1n) is 8.61. The third-order valence-electron chi connectivity index (χ3n) is 3.85. The lowest BCUT2D eigenvalue weighted by molar-refractivity contribution is 0.0977. The molecule has 0 bridgehead atoms. The summed E-state index contributed by atoms with van der Waals surface area (Å²) in [5, 5.41) is 5.99. The maximum Gasteiger partial charge on any atom is 0.257 e. The van der Waals surface area contributed by atoms with Gasteiger partial charge < -0.3 is 5.32 Å². The van der Waals surface area contributed by atoms with E-state index in [9.17, 15) is 4.79 Å². The number of aromatic nitrogens is 2. The fraction of sp³-hybridized carbons (Fsp3) is 0.143. The van der Waals surface area contributed by atoms with Crippen molar-refractivity contribution in [3.05, 3.63) is 83.2 Å². The van der Waals surface area contributed by atoms with Gasteiger partial charge in [0.15, 0.2) is 0 Å². The predicted molar refractivity (Wildman–Crippen MR) is 107 cm³/mol. The topological polar surface area (TPSA) is 79.3 Å². The summed E-state index contributed by atoms with van der Waals surface area (Å²) in [6.07, 6.45) is 0. The lowest BCUT2D eigenvalue weighted by atomic mass is 10.2. The molecule has 1 heterocycles. The van der Waals surface area contributed by atoms with Crippen molar-refractivity contribution in [1.82, 2.24) is 15.3 Å².